The lowest BCUT2D eigenvalue weighted by atomic mass is 9.93. The molecule has 0 bridgehead atoms. The van der Waals surface area contributed by atoms with Gasteiger partial charge in [0.1, 0.15) is 29.7 Å². The Morgan fingerprint density at radius 3 is 2.43 bits per heavy atom. The summed E-state index contributed by atoms with van der Waals surface area (Å²) < 4.78 is 18.7. The molecule has 0 saturated carbocycles. The van der Waals surface area contributed by atoms with Crippen LogP contribution in [0.1, 0.15) is 23.6 Å². The van der Waals surface area contributed by atoms with E-state index in [1.165, 1.54) is 0 Å². The summed E-state index contributed by atoms with van der Waals surface area (Å²) in [5.74, 6) is 0.638. The van der Waals surface area contributed by atoms with Gasteiger partial charge in [-0.2, -0.15) is 10.4 Å². The molecule has 2 aliphatic rings. The molecule has 7 rings (SSSR count). The maximum absolute atomic E-state index is 14.0. The number of fused-ring (bicyclic) bond motifs is 1. The van der Waals surface area contributed by atoms with Crippen molar-refractivity contribution in [1.82, 2.24) is 14.7 Å². The van der Waals surface area contributed by atoms with E-state index in [1.54, 1.807) is 35.9 Å². The van der Waals surface area contributed by atoms with Crippen LogP contribution in [0.2, 0.25) is 0 Å². The Balaban J connectivity index is 1.28. The van der Waals surface area contributed by atoms with Gasteiger partial charge in [0.05, 0.1) is 12.2 Å². The van der Waals surface area contributed by atoms with Gasteiger partial charge in [-0.1, -0.05) is 66.7 Å². The highest BCUT2D eigenvalue weighted by atomic mass is 16.7. The summed E-state index contributed by atoms with van der Waals surface area (Å²) >= 11 is 0. The average molecular weight is 621 g/mol. The lowest BCUT2D eigenvalue weighted by Crippen LogP contribution is -2.42. The number of carbonyl (C=O) groups is 2. The number of para-hydroxylation sites is 1. The van der Waals surface area contributed by atoms with Gasteiger partial charge in [0.15, 0.2) is 11.5 Å². The van der Waals surface area contributed by atoms with Crippen molar-refractivity contribution in [2.75, 3.05) is 6.79 Å². The number of aromatic nitrogens is 2. The minimum absolute atomic E-state index is 0.0406. The van der Waals surface area contributed by atoms with Gasteiger partial charge in [-0.3, -0.25) is 14.5 Å². The number of nitriles is 1. The predicted octanol–water partition coefficient (Wildman–Crippen LogP) is 6.64. The van der Waals surface area contributed by atoms with Gasteiger partial charge in [-0.05, 0) is 66.1 Å². The average Bonchev–Trinajstić information content (AvgIpc) is 3.76. The third-order valence-electron chi connectivity index (χ3n) is 8.02. The number of hydrogen-bond acceptors (Lipinski definition) is 7. The molecule has 9 nitrogen and oxygen atoms in total. The molecular formula is C38H28N4O5. The molecule has 0 N–H and O–H groups in total. The normalized spacial score (nSPS) is 14.9. The summed E-state index contributed by atoms with van der Waals surface area (Å²) in [7, 11) is 0. The van der Waals surface area contributed by atoms with E-state index in [1.807, 2.05) is 97.2 Å². The van der Waals surface area contributed by atoms with E-state index in [9.17, 15) is 14.9 Å². The van der Waals surface area contributed by atoms with Crippen molar-refractivity contribution >= 4 is 17.9 Å². The molecule has 230 valence electrons. The maximum atomic E-state index is 14.0. The maximum Gasteiger partial charge on any atom is 0.271 e. The molecule has 47 heavy (non-hydrogen) atoms. The molecular weight excluding hydrogens is 592 g/mol. The van der Waals surface area contributed by atoms with E-state index in [0.29, 0.717) is 46.2 Å². The third-order valence-corrected chi connectivity index (χ3v) is 8.02. The molecule has 0 aliphatic carbocycles. The Morgan fingerprint density at radius 1 is 0.872 bits per heavy atom. The fourth-order valence-electron chi connectivity index (χ4n) is 5.56. The van der Waals surface area contributed by atoms with Gasteiger partial charge in [-0.25, -0.2) is 4.68 Å². The molecule has 0 fully saturated rings. The van der Waals surface area contributed by atoms with Crippen LogP contribution < -0.4 is 14.2 Å². The number of ether oxygens (including phenoxy) is 3. The molecule has 0 saturated heterocycles. The lowest BCUT2D eigenvalue weighted by Gasteiger charge is -2.27. The Morgan fingerprint density at radius 2 is 1.64 bits per heavy atom. The first kappa shape index (κ1) is 29.3. The Bertz CT molecular complexity index is 2110. The smallest absolute Gasteiger partial charge is 0.271 e. The van der Waals surface area contributed by atoms with Gasteiger partial charge >= 0.3 is 0 Å². The summed E-state index contributed by atoms with van der Waals surface area (Å²) in [6.45, 7) is 2.09. The second-order valence-corrected chi connectivity index (χ2v) is 11.1. The van der Waals surface area contributed by atoms with E-state index in [2.05, 4.69) is 0 Å². The number of nitrogens with zero attached hydrogens (tertiary/aromatic N) is 4. The fourth-order valence-corrected chi connectivity index (χ4v) is 5.56. The molecule has 2 aliphatic heterocycles. The lowest BCUT2D eigenvalue weighted by molar-refractivity contribution is -0.141. The second kappa shape index (κ2) is 12.5. The number of amides is 2. The zero-order chi connectivity index (χ0) is 32.3. The molecule has 0 atom stereocenters. The van der Waals surface area contributed by atoms with Crippen molar-refractivity contribution in [3.8, 4) is 40.3 Å². The molecule has 0 spiro atoms. The van der Waals surface area contributed by atoms with Crippen LogP contribution in [0.4, 0.5) is 0 Å². The van der Waals surface area contributed by atoms with Crippen LogP contribution in [0.5, 0.6) is 17.2 Å². The Kier molecular flexibility index (Phi) is 7.82. The summed E-state index contributed by atoms with van der Waals surface area (Å²) in [5, 5.41) is 14.9. The van der Waals surface area contributed by atoms with Crippen molar-refractivity contribution < 1.29 is 23.8 Å². The first-order chi connectivity index (χ1) is 23.0. The van der Waals surface area contributed by atoms with Crippen molar-refractivity contribution in [1.29, 1.82) is 5.26 Å². The summed E-state index contributed by atoms with van der Waals surface area (Å²) in [6, 6.07) is 34.4. The monoisotopic (exact) mass is 620 g/mol. The minimum atomic E-state index is -0.645. The zero-order valence-corrected chi connectivity index (χ0v) is 25.4. The summed E-state index contributed by atoms with van der Waals surface area (Å²) in [5.41, 5.74) is 4.99. The van der Waals surface area contributed by atoms with Gasteiger partial charge in [0.2, 0.25) is 6.79 Å². The van der Waals surface area contributed by atoms with Gasteiger partial charge in [0.25, 0.3) is 11.8 Å². The van der Waals surface area contributed by atoms with Crippen molar-refractivity contribution in [2.24, 2.45) is 0 Å². The molecule has 0 radical (unpaired) electrons. The summed E-state index contributed by atoms with van der Waals surface area (Å²) in [4.78, 5) is 28.5. The Hall–Kier alpha value is -6.40. The van der Waals surface area contributed by atoms with E-state index < -0.39 is 11.8 Å². The second-order valence-electron chi connectivity index (χ2n) is 11.1. The SMILES string of the molecule is CC1=C(C#N)C(=O)N(Cc2ccc3c(c2)OCO3)C(=O)/C1=C/c1cn(-c2ccccc2)nc1-c1cccc(OCc2ccccc2)c1. The zero-order valence-electron chi connectivity index (χ0n) is 25.4. The minimum Gasteiger partial charge on any atom is -0.489 e. The first-order valence-electron chi connectivity index (χ1n) is 15.0. The quantitative estimate of drug-likeness (QED) is 0.141. The van der Waals surface area contributed by atoms with Gasteiger partial charge in [-0.15, -0.1) is 0 Å². The standard InChI is InChI=1S/C38H28N4O5/c1-25-32(37(43)41(38(44)33(25)20-39)21-27-15-16-34-35(17-27)47-24-46-34)19-29-22-42(30-12-6-3-7-13-30)40-36(29)28-11-8-14-31(18-28)45-23-26-9-4-2-5-10-26/h2-19,22H,21,23-24H2,1H3/b32-19+. The van der Waals surface area contributed by atoms with Crippen molar-refractivity contribution in [3.63, 3.8) is 0 Å². The van der Waals surface area contributed by atoms with Crippen LogP contribution in [-0.4, -0.2) is 33.3 Å². The van der Waals surface area contributed by atoms with Crippen molar-refractivity contribution in [3.05, 3.63) is 143 Å². The highest BCUT2D eigenvalue weighted by Gasteiger charge is 2.36. The van der Waals surface area contributed by atoms with Crippen molar-refractivity contribution in [2.45, 2.75) is 20.1 Å². The molecule has 9 heteroatoms. The highest BCUT2D eigenvalue weighted by Crippen LogP contribution is 2.35. The number of imide groups is 1. The van der Waals surface area contributed by atoms with Crippen LogP contribution in [0.15, 0.2) is 126 Å². The highest BCUT2D eigenvalue weighted by molar-refractivity contribution is 6.19. The van der Waals surface area contributed by atoms with Gasteiger partial charge < -0.3 is 14.2 Å². The molecule has 0 unspecified atom stereocenters. The van der Waals surface area contributed by atoms with Crippen LogP contribution in [0, 0.1) is 11.3 Å². The predicted molar refractivity (Wildman–Crippen MR) is 174 cm³/mol. The molecule has 3 heterocycles. The van der Waals surface area contributed by atoms with Crippen LogP contribution in [0.25, 0.3) is 23.0 Å². The molecule has 1 aromatic heterocycles. The van der Waals surface area contributed by atoms with Crippen LogP contribution in [0.3, 0.4) is 0 Å². The number of hydrogen-bond donors (Lipinski definition) is 0. The fraction of sp³-hybridized carbons (Fsp3) is 0.105. The molecule has 2 amide bonds. The number of rotatable bonds is 8. The van der Waals surface area contributed by atoms with Crippen LogP contribution >= 0.6 is 0 Å². The van der Waals surface area contributed by atoms with Gasteiger partial charge in [0, 0.05) is 22.9 Å². The third kappa shape index (κ3) is 5.88. The van der Waals surface area contributed by atoms with E-state index in [4.69, 9.17) is 19.3 Å². The summed E-state index contributed by atoms with van der Waals surface area (Å²) in [6.07, 6.45) is 3.54. The largest absolute Gasteiger partial charge is 0.489 e. The Labute approximate surface area is 271 Å². The first-order valence-corrected chi connectivity index (χ1v) is 15.0. The topological polar surface area (TPSA) is 107 Å². The number of benzene rings is 4. The van der Waals surface area contributed by atoms with Crippen LogP contribution in [-0.2, 0) is 22.7 Å². The van der Waals surface area contributed by atoms with E-state index >= 15 is 0 Å². The molecule has 4 aromatic carbocycles. The number of carbonyl (C=O) groups excluding carboxylic acids is 2. The van der Waals surface area contributed by atoms with E-state index in [0.717, 1.165) is 21.7 Å². The van der Waals surface area contributed by atoms with E-state index in [-0.39, 0.29) is 24.5 Å². The molecule has 5 aromatic rings.